The highest BCUT2D eigenvalue weighted by Gasteiger charge is 2.29. The molecule has 0 heterocycles. The maximum Gasteiger partial charge on any atom is 0.239 e. The second-order valence-electron chi connectivity index (χ2n) is 6.73. The largest absolute Gasteiger partial charge is 0.376 e. The molecule has 0 saturated heterocycles. The van der Waals surface area contributed by atoms with E-state index in [9.17, 15) is 9.59 Å². The number of benzene rings is 2. The summed E-state index contributed by atoms with van der Waals surface area (Å²) in [7, 11) is 0. The van der Waals surface area contributed by atoms with Crippen molar-refractivity contribution in [3.8, 4) is 0 Å². The van der Waals surface area contributed by atoms with Gasteiger partial charge in [-0.15, -0.1) is 0 Å². The van der Waals surface area contributed by atoms with Gasteiger partial charge in [0.1, 0.15) is 0 Å². The number of hydrogen-bond donors (Lipinski definition) is 3. The molecule has 26 heavy (non-hydrogen) atoms. The Bertz CT molecular complexity index is 770. The van der Waals surface area contributed by atoms with Gasteiger partial charge in [0, 0.05) is 23.8 Å². The molecule has 1 saturated carbocycles. The fourth-order valence-electron chi connectivity index (χ4n) is 2.71. The molecule has 0 bridgehead atoms. The summed E-state index contributed by atoms with van der Waals surface area (Å²) in [5.41, 5.74) is 3.86. The van der Waals surface area contributed by atoms with Crippen molar-refractivity contribution in [2.24, 2.45) is 5.92 Å². The molecule has 0 spiro atoms. The first-order valence-electron chi connectivity index (χ1n) is 9.08. The molecule has 5 nitrogen and oxygen atoms in total. The summed E-state index contributed by atoms with van der Waals surface area (Å²) in [5.74, 6) is 0.203. The van der Waals surface area contributed by atoms with Gasteiger partial charge in [0.2, 0.25) is 11.8 Å². The fraction of sp³-hybridized carbons (Fsp3) is 0.333. The molecule has 1 aliphatic carbocycles. The van der Waals surface area contributed by atoms with Gasteiger partial charge >= 0.3 is 0 Å². The Morgan fingerprint density at radius 3 is 2.58 bits per heavy atom. The molecule has 0 unspecified atom stereocenters. The van der Waals surface area contributed by atoms with Crippen molar-refractivity contribution in [2.75, 3.05) is 23.7 Å². The lowest BCUT2D eigenvalue weighted by molar-refractivity contribution is -0.119. The van der Waals surface area contributed by atoms with Crippen molar-refractivity contribution in [3.05, 3.63) is 59.7 Å². The van der Waals surface area contributed by atoms with Crippen LogP contribution in [0, 0.1) is 12.8 Å². The summed E-state index contributed by atoms with van der Waals surface area (Å²) in [6.45, 7) is 2.79. The molecule has 0 atom stereocenters. The van der Waals surface area contributed by atoms with Crippen molar-refractivity contribution >= 4 is 23.2 Å². The molecular weight excluding hydrogens is 326 g/mol. The third kappa shape index (κ3) is 5.34. The van der Waals surface area contributed by atoms with Crippen molar-refractivity contribution in [3.63, 3.8) is 0 Å². The molecule has 5 heteroatoms. The van der Waals surface area contributed by atoms with Crippen LogP contribution in [0.1, 0.15) is 24.0 Å². The van der Waals surface area contributed by atoms with Crippen molar-refractivity contribution in [2.45, 2.75) is 26.2 Å². The molecule has 136 valence electrons. The topological polar surface area (TPSA) is 70.2 Å². The van der Waals surface area contributed by atoms with E-state index in [0.29, 0.717) is 6.54 Å². The first-order chi connectivity index (χ1) is 12.6. The third-order valence-corrected chi connectivity index (χ3v) is 4.47. The van der Waals surface area contributed by atoms with E-state index in [0.717, 1.165) is 36.2 Å². The Hall–Kier alpha value is -2.82. The van der Waals surface area contributed by atoms with Gasteiger partial charge in [-0.1, -0.05) is 36.4 Å². The van der Waals surface area contributed by atoms with Crippen LogP contribution in [0.25, 0.3) is 0 Å². The SMILES string of the molecule is Cc1ccc(NC(=O)C2CC2)cc1NCC(=O)NCCc1ccccc1. The monoisotopic (exact) mass is 351 g/mol. The lowest BCUT2D eigenvalue weighted by Gasteiger charge is -2.12. The molecule has 1 aliphatic rings. The molecule has 2 amide bonds. The van der Waals surface area contributed by atoms with Crippen LogP contribution in [-0.4, -0.2) is 24.9 Å². The summed E-state index contributed by atoms with van der Waals surface area (Å²) in [5, 5.41) is 9.01. The Morgan fingerprint density at radius 1 is 1.08 bits per heavy atom. The van der Waals surface area contributed by atoms with Gasteiger partial charge in [-0.25, -0.2) is 0 Å². The van der Waals surface area contributed by atoms with E-state index < -0.39 is 0 Å². The molecule has 2 aromatic carbocycles. The number of anilines is 2. The summed E-state index contributed by atoms with van der Waals surface area (Å²) < 4.78 is 0. The summed E-state index contributed by atoms with van der Waals surface area (Å²) in [6.07, 6.45) is 2.77. The highest BCUT2D eigenvalue weighted by atomic mass is 16.2. The Kier molecular flexibility index (Phi) is 5.89. The van der Waals surface area contributed by atoms with E-state index >= 15 is 0 Å². The Labute approximate surface area is 154 Å². The maximum absolute atomic E-state index is 12.0. The highest BCUT2D eigenvalue weighted by molar-refractivity contribution is 5.94. The van der Waals surface area contributed by atoms with Crippen LogP contribution in [0.15, 0.2) is 48.5 Å². The number of aryl methyl sites for hydroxylation is 1. The molecule has 0 aromatic heterocycles. The summed E-state index contributed by atoms with van der Waals surface area (Å²) >= 11 is 0. The standard InChI is InChI=1S/C21H25N3O2/c1-15-7-10-18(24-21(26)17-8-9-17)13-19(15)23-14-20(25)22-12-11-16-5-3-2-4-6-16/h2-7,10,13,17,23H,8-9,11-12,14H2,1H3,(H,22,25)(H,24,26). The first kappa shape index (κ1) is 18.0. The molecule has 0 aliphatic heterocycles. The maximum atomic E-state index is 12.0. The highest BCUT2D eigenvalue weighted by Crippen LogP contribution is 2.30. The fourth-order valence-corrected chi connectivity index (χ4v) is 2.71. The van der Waals surface area contributed by atoms with Crippen LogP contribution in [0.5, 0.6) is 0 Å². The first-order valence-corrected chi connectivity index (χ1v) is 9.08. The van der Waals surface area contributed by atoms with Crippen LogP contribution >= 0.6 is 0 Å². The number of carbonyl (C=O) groups excluding carboxylic acids is 2. The quantitative estimate of drug-likeness (QED) is 0.684. The van der Waals surface area contributed by atoms with Crippen LogP contribution in [0.3, 0.4) is 0 Å². The van der Waals surface area contributed by atoms with Gasteiger partial charge in [-0.3, -0.25) is 9.59 Å². The van der Waals surface area contributed by atoms with E-state index in [1.54, 1.807) is 0 Å². The number of nitrogens with one attached hydrogen (secondary N) is 3. The van der Waals surface area contributed by atoms with E-state index in [-0.39, 0.29) is 24.3 Å². The van der Waals surface area contributed by atoms with Crippen molar-refractivity contribution in [1.82, 2.24) is 5.32 Å². The summed E-state index contributed by atoms with van der Waals surface area (Å²) in [4.78, 5) is 23.9. The zero-order valence-corrected chi connectivity index (χ0v) is 15.0. The van der Waals surface area contributed by atoms with Gasteiger partial charge in [0.15, 0.2) is 0 Å². The van der Waals surface area contributed by atoms with Crippen LogP contribution in [0.4, 0.5) is 11.4 Å². The molecule has 3 N–H and O–H groups in total. The smallest absolute Gasteiger partial charge is 0.239 e. The molecule has 2 aromatic rings. The number of amides is 2. The van der Waals surface area contributed by atoms with E-state index in [1.165, 1.54) is 5.56 Å². The Morgan fingerprint density at radius 2 is 1.85 bits per heavy atom. The predicted molar refractivity (Wildman–Crippen MR) is 104 cm³/mol. The number of rotatable bonds is 8. The molecular formula is C21H25N3O2. The van der Waals surface area contributed by atoms with E-state index in [2.05, 4.69) is 28.1 Å². The van der Waals surface area contributed by atoms with Crippen molar-refractivity contribution in [1.29, 1.82) is 0 Å². The van der Waals surface area contributed by atoms with Gasteiger partial charge in [0.25, 0.3) is 0 Å². The van der Waals surface area contributed by atoms with Crippen molar-refractivity contribution < 1.29 is 9.59 Å². The van der Waals surface area contributed by atoms with Gasteiger partial charge in [-0.2, -0.15) is 0 Å². The normalized spacial score (nSPS) is 13.1. The minimum Gasteiger partial charge on any atom is -0.376 e. The van der Waals surface area contributed by atoms with Gasteiger partial charge in [-0.05, 0) is 49.4 Å². The second-order valence-corrected chi connectivity index (χ2v) is 6.73. The zero-order chi connectivity index (χ0) is 18.4. The minimum absolute atomic E-state index is 0.0484. The molecule has 3 rings (SSSR count). The average molecular weight is 351 g/mol. The lowest BCUT2D eigenvalue weighted by Crippen LogP contribution is -2.31. The van der Waals surface area contributed by atoms with Crippen LogP contribution in [0.2, 0.25) is 0 Å². The zero-order valence-electron chi connectivity index (χ0n) is 15.0. The predicted octanol–water partition coefficient (Wildman–Crippen LogP) is 3.11. The Balaban J connectivity index is 1.45. The average Bonchev–Trinajstić information content (AvgIpc) is 3.48. The third-order valence-electron chi connectivity index (χ3n) is 4.47. The molecule has 1 fully saturated rings. The summed E-state index contributed by atoms with van der Waals surface area (Å²) in [6, 6.07) is 15.8. The minimum atomic E-state index is -0.0484. The van der Waals surface area contributed by atoms with E-state index in [1.807, 2.05) is 43.3 Å². The van der Waals surface area contributed by atoms with Crippen LogP contribution < -0.4 is 16.0 Å². The van der Waals surface area contributed by atoms with Gasteiger partial charge < -0.3 is 16.0 Å². The van der Waals surface area contributed by atoms with E-state index in [4.69, 9.17) is 0 Å². The van der Waals surface area contributed by atoms with Crippen LogP contribution in [-0.2, 0) is 16.0 Å². The lowest BCUT2D eigenvalue weighted by atomic mass is 10.1. The molecule has 0 radical (unpaired) electrons. The number of carbonyl (C=O) groups is 2. The number of hydrogen-bond acceptors (Lipinski definition) is 3. The second kappa shape index (κ2) is 8.52. The van der Waals surface area contributed by atoms with Gasteiger partial charge in [0.05, 0.1) is 6.54 Å².